The molecule has 2 heterocycles. The van der Waals surface area contributed by atoms with E-state index in [0.29, 0.717) is 18.5 Å². The normalized spacial score (nSPS) is 18.6. The maximum absolute atomic E-state index is 12.9. The van der Waals surface area contributed by atoms with Crippen molar-refractivity contribution >= 4 is 23.4 Å². The third-order valence-electron chi connectivity index (χ3n) is 6.95. The molecule has 0 bridgehead atoms. The number of benzene rings is 1. The average molecular weight is 504 g/mol. The van der Waals surface area contributed by atoms with Crippen molar-refractivity contribution in [2.24, 2.45) is 0 Å². The minimum atomic E-state index is -0.904. The molecular weight excluding hydrogens is 470 g/mol. The number of rotatable bonds is 7. The third-order valence-corrected chi connectivity index (χ3v) is 7.28. The lowest BCUT2D eigenvalue weighted by molar-refractivity contribution is -0.122. The van der Waals surface area contributed by atoms with Crippen molar-refractivity contribution in [3.8, 4) is 5.69 Å². The molecule has 1 saturated carbocycles. The van der Waals surface area contributed by atoms with Crippen LogP contribution in [-0.4, -0.2) is 57.3 Å². The maximum Gasteiger partial charge on any atom is 0.333 e. The highest BCUT2D eigenvalue weighted by Gasteiger charge is 2.29. The first kappa shape index (κ1) is 25.5. The number of piperidine rings is 1. The zero-order valence-electron chi connectivity index (χ0n) is 19.9. The zero-order valence-corrected chi connectivity index (χ0v) is 20.6. The van der Waals surface area contributed by atoms with Gasteiger partial charge in [-0.15, -0.1) is 0 Å². The zero-order chi connectivity index (χ0) is 24.8. The average Bonchev–Trinajstić information content (AvgIpc) is 3.06. The number of nitrogens with zero attached hydrogens (tertiary/aromatic N) is 2. The van der Waals surface area contributed by atoms with Gasteiger partial charge in [0, 0.05) is 25.0 Å². The Morgan fingerprint density at radius 2 is 1.83 bits per heavy atom. The van der Waals surface area contributed by atoms with Gasteiger partial charge in [-0.05, 0) is 57.0 Å². The van der Waals surface area contributed by atoms with Crippen LogP contribution >= 0.6 is 11.6 Å². The second-order valence-electron chi connectivity index (χ2n) is 9.66. The summed E-state index contributed by atoms with van der Waals surface area (Å²) in [5.74, 6) is -0.604. The topological polar surface area (TPSA) is 117 Å². The Bertz CT molecular complexity index is 1100. The Morgan fingerprint density at radius 1 is 1.11 bits per heavy atom. The van der Waals surface area contributed by atoms with Crippen LogP contribution in [0, 0.1) is 0 Å². The fraction of sp³-hybridized carbons (Fsp3) is 0.560. The summed E-state index contributed by atoms with van der Waals surface area (Å²) in [7, 11) is 0. The molecule has 0 radical (unpaired) electrons. The van der Waals surface area contributed by atoms with E-state index in [9.17, 15) is 19.5 Å². The molecule has 9 nitrogen and oxygen atoms in total. The monoisotopic (exact) mass is 503 g/mol. The molecule has 0 spiro atoms. The van der Waals surface area contributed by atoms with Gasteiger partial charge in [0.25, 0.3) is 5.91 Å². The first-order valence-electron chi connectivity index (χ1n) is 12.4. The summed E-state index contributed by atoms with van der Waals surface area (Å²) in [5, 5.41) is 20.1. The largest absolute Gasteiger partial charge is 0.388 e. The number of aliphatic hydroxyl groups is 1. The van der Waals surface area contributed by atoms with Crippen molar-refractivity contribution < 1.29 is 14.7 Å². The summed E-state index contributed by atoms with van der Waals surface area (Å²) in [6, 6.07) is 4.89. The first-order valence-corrected chi connectivity index (χ1v) is 12.8. The van der Waals surface area contributed by atoms with Gasteiger partial charge in [-0.25, -0.2) is 4.79 Å². The fourth-order valence-corrected chi connectivity index (χ4v) is 5.07. The molecule has 35 heavy (non-hydrogen) atoms. The third kappa shape index (κ3) is 6.54. The minimum Gasteiger partial charge on any atom is -0.388 e. The van der Waals surface area contributed by atoms with Crippen LogP contribution in [0.2, 0.25) is 5.02 Å². The summed E-state index contributed by atoms with van der Waals surface area (Å²) in [6.45, 7) is 1.82. The molecular formula is C25H34ClN5O4. The minimum absolute atomic E-state index is 0.0741. The molecule has 10 heteroatoms. The standard InChI is InChI=1S/C25H34ClN5O4/c26-21-6-5-19(15-20(21)23(33)28-17-25(35)9-3-1-2-4-10-25)31-14-13-30(24(31)34)16-22(32)29-18-7-11-27-12-8-18/h5-6,13-15,18,27,35H,1-4,7-12,16-17H2,(H,28,33)(H,29,32). The number of hydrogen-bond donors (Lipinski definition) is 4. The molecule has 4 N–H and O–H groups in total. The van der Waals surface area contributed by atoms with E-state index in [1.54, 1.807) is 30.6 Å². The molecule has 4 rings (SSSR count). The molecule has 190 valence electrons. The molecule has 1 aliphatic carbocycles. The van der Waals surface area contributed by atoms with Crippen LogP contribution in [0.1, 0.15) is 61.7 Å². The lowest BCUT2D eigenvalue weighted by Crippen LogP contribution is -2.44. The van der Waals surface area contributed by atoms with E-state index in [1.165, 1.54) is 9.13 Å². The summed E-state index contributed by atoms with van der Waals surface area (Å²) in [4.78, 5) is 38.3. The van der Waals surface area contributed by atoms with Gasteiger partial charge >= 0.3 is 5.69 Å². The summed E-state index contributed by atoms with van der Waals surface area (Å²) in [5.41, 5.74) is -0.592. The van der Waals surface area contributed by atoms with E-state index >= 15 is 0 Å². The molecule has 2 aromatic rings. The second kappa shape index (κ2) is 11.4. The number of halogens is 1. The van der Waals surface area contributed by atoms with Gasteiger partial charge in [0.15, 0.2) is 0 Å². The Labute approximate surface area is 209 Å². The van der Waals surface area contributed by atoms with Gasteiger partial charge in [0.1, 0.15) is 6.54 Å². The van der Waals surface area contributed by atoms with Gasteiger partial charge in [-0.2, -0.15) is 0 Å². The van der Waals surface area contributed by atoms with Crippen LogP contribution in [0.4, 0.5) is 0 Å². The van der Waals surface area contributed by atoms with Crippen LogP contribution in [0.3, 0.4) is 0 Å². The quantitative estimate of drug-likeness (QED) is 0.431. The van der Waals surface area contributed by atoms with Crippen molar-refractivity contribution in [2.45, 2.75) is 69.6 Å². The fourth-order valence-electron chi connectivity index (χ4n) is 4.86. The van der Waals surface area contributed by atoms with Crippen LogP contribution in [0.5, 0.6) is 0 Å². The van der Waals surface area contributed by atoms with E-state index in [0.717, 1.165) is 51.6 Å². The van der Waals surface area contributed by atoms with Crippen molar-refractivity contribution in [1.29, 1.82) is 0 Å². The highest BCUT2D eigenvalue weighted by molar-refractivity contribution is 6.33. The Morgan fingerprint density at radius 3 is 2.54 bits per heavy atom. The van der Waals surface area contributed by atoms with Gasteiger partial charge in [-0.1, -0.05) is 37.3 Å². The predicted octanol–water partition coefficient (Wildman–Crippen LogP) is 1.98. The van der Waals surface area contributed by atoms with Crippen molar-refractivity contribution in [3.05, 3.63) is 51.7 Å². The SMILES string of the molecule is O=C(Cn1ccn(-c2ccc(Cl)c(C(=O)NCC3(O)CCCCCC3)c2)c1=O)NC1CCNCC1. The van der Waals surface area contributed by atoms with Crippen LogP contribution in [0.25, 0.3) is 5.69 Å². The molecule has 0 unspecified atom stereocenters. The summed E-state index contributed by atoms with van der Waals surface area (Å²) in [6.07, 6.45) is 10.3. The number of amides is 2. The smallest absolute Gasteiger partial charge is 0.333 e. The van der Waals surface area contributed by atoms with Crippen LogP contribution in [0.15, 0.2) is 35.4 Å². The molecule has 1 aromatic heterocycles. The Hall–Kier alpha value is -2.62. The van der Waals surface area contributed by atoms with E-state index in [4.69, 9.17) is 11.6 Å². The molecule has 0 atom stereocenters. The second-order valence-corrected chi connectivity index (χ2v) is 10.1. The number of imidazole rings is 1. The number of aromatic nitrogens is 2. The number of nitrogens with one attached hydrogen (secondary N) is 3. The lowest BCUT2D eigenvalue weighted by atomic mass is 9.94. The first-order chi connectivity index (χ1) is 16.8. The molecule has 2 aliphatic rings. The molecule has 1 aromatic carbocycles. The van der Waals surface area contributed by atoms with E-state index < -0.39 is 11.5 Å². The molecule has 1 saturated heterocycles. The van der Waals surface area contributed by atoms with Crippen molar-refractivity contribution in [1.82, 2.24) is 25.1 Å². The number of carbonyl (C=O) groups is 2. The van der Waals surface area contributed by atoms with Crippen LogP contribution in [-0.2, 0) is 11.3 Å². The van der Waals surface area contributed by atoms with E-state index in [-0.39, 0.29) is 41.3 Å². The van der Waals surface area contributed by atoms with Crippen molar-refractivity contribution in [3.63, 3.8) is 0 Å². The van der Waals surface area contributed by atoms with Gasteiger partial charge in [0.05, 0.1) is 21.9 Å². The highest BCUT2D eigenvalue weighted by Crippen LogP contribution is 2.27. The summed E-state index contributed by atoms with van der Waals surface area (Å²) < 4.78 is 2.72. The number of hydrogen-bond acceptors (Lipinski definition) is 5. The molecule has 2 amide bonds. The summed E-state index contributed by atoms with van der Waals surface area (Å²) >= 11 is 6.29. The van der Waals surface area contributed by atoms with E-state index in [1.807, 2.05) is 0 Å². The Balaban J connectivity index is 1.43. The van der Waals surface area contributed by atoms with Gasteiger partial charge in [0.2, 0.25) is 5.91 Å². The van der Waals surface area contributed by atoms with Crippen LogP contribution < -0.4 is 21.6 Å². The van der Waals surface area contributed by atoms with Crippen molar-refractivity contribution in [2.75, 3.05) is 19.6 Å². The molecule has 1 aliphatic heterocycles. The maximum atomic E-state index is 12.9. The molecule has 2 fully saturated rings. The lowest BCUT2D eigenvalue weighted by Gasteiger charge is -2.26. The predicted molar refractivity (Wildman–Crippen MR) is 134 cm³/mol. The van der Waals surface area contributed by atoms with Gasteiger partial charge < -0.3 is 21.1 Å². The Kier molecular flexibility index (Phi) is 8.30. The highest BCUT2D eigenvalue weighted by atomic mass is 35.5. The van der Waals surface area contributed by atoms with Gasteiger partial charge in [-0.3, -0.25) is 18.7 Å². The number of carbonyl (C=O) groups excluding carboxylic acids is 2. The van der Waals surface area contributed by atoms with E-state index in [2.05, 4.69) is 16.0 Å².